The molecule has 1 saturated carbocycles. The molecule has 0 aliphatic heterocycles. The van der Waals surface area contributed by atoms with Crippen LogP contribution in [0.2, 0.25) is 0 Å². The highest BCUT2D eigenvalue weighted by Gasteiger charge is 2.22. The highest BCUT2D eigenvalue weighted by molar-refractivity contribution is 5.15. The normalized spacial score (nSPS) is 23.3. The van der Waals surface area contributed by atoms with Gasteiger partial charge in [0.15, 0.2) is 0 Å². The minimum atomic E-state index is 0.612. The summed E-state index contributed by atoms with van der Waals surface area (Å²) in [5.74, 6) is 2.22. The van der Waals surface area contributed by atoms with Crippen molar-refractivity contribution < 1.29 is 4.74 Å². The van der Waals surface area contributed by atoms with Crippen LogP contribution in [-0.4, -0.2) is 16.8 Å². The van der Waals surface area contributed by atoms with Crippen molar-refractivity contribution in [1.29, 1.82) is 0 Å². The summed E-state index contributed by atoms with van der Waals surface area (Å²) >= 11 is 0. The first-order valence-electron chi connectivity index (χ1n) is 7.79. The summed E-state index contributed by atoms with van der Waals surface area (Å²) in [6.07, 6.45) is 8.97. The van der Waals surface area contributed by atoms with Gasteiger partial charge in [-0.3, -0.25) is 0 Å². The fourth-order valence-electron chi connectivity index (χ4n) is 2.99. The van der Waals surface area contributed by atoms with Gasteiger partial charge < -0.3 is 4.74 Å². The summed E-state index contributed by atoms with van der Waals surface area (Å²) in [6.45, 7) is 5.10. The van der Waals surface area contributed by atoms with E-state index in [1.807, 2.05) is 6.07 Å². The topological polar surface area (TPSA) is 35.0 Å². The molecule has 106 valence electrons. The highest BCUT2D eigenvalue weighted by atomic mass is 16.5. The van der Waals surface area contributed by atoms with E-state index in [-0.39, 0.29) is 0 Å². The van der Waals surface area contributed by atoms with Gasteiger partial charge in [-0.25, -0.2) is 0 Å². The maximum atomic E-state index is 5.47. The van der Waals surface area contributed by atoms with Crippen LogP contribution < -0.4 is 4.74 Å². The molecule has 0 saturated heterocycles. The van der Waals surface area contributed by atoms with Crippen LogP contribution in [0.1, 0.15) is 70.4 Å². The molecule has 1 aromatic rings. The molecule has 0 bridgehead atoms. The average Bonchev–Trinajstić information content (AvgIpc) is 2.47. The zero-order valence-electron chi connectivity index (χ0n) is 12.3. The lowest BCUT2D eigenvalue weighted by Gasteiger charge is -2.27. The van der Waals surface area contributed by atoms with E-state index in [1.165, 1.54) is 38.5 Å². The van der Waals surface area contributed by atoms with Crippen molar-refractivity contribution in [3.63, 3.8) is 0 Å². The Bertz CT molecular complexity index is 356. The molecule has 3 nitrogen and oxygen atoms in total. The zero-order valence-corrected chi connectivity index (χ0v) is 12.3. The summed E-state index contributed by atoms with van der Waals surface area (Å²) < 4.78 is 5.47. The van der Waals surface area contributed by atoms with Crippen molar-refractivity contribution in [2.75, 3.05) is 6.61 Å². The lowest BCUT2D eigenvalue weighted by Crippen LogP contribution is -2.14. The molecule has 0 amide bonds. The molecule has 1 aromatic heterocycles. The third-order valence-corrected chi connectivity index (χ3v) is 4.08. The van der Waals surface area contributed by atoms with Gasteiger partial charge in [0.2, 0.25) is 5.88 Å². The summed E-state index contributed by atoms with van der Waals surface area (Å²) in [6, 6.07) is 4.07. The molecule has 0 aromatic carbocycles. The van der Waals surface area contributed by atoms with Gasteiger partial charge in [-0.1, -0.05) is 26.7 Å². The molecule has 0 N–H and O–H groups in total. The van der Waals surface area contributed by atoms with Gasteiger partial charge in [0.05, 0.1) is 12.3 Å². The fraction of sp³-hybridized carbons (Fsp3) is 0.750. The maximum absolute atomic E-state index is 5.47. The van der Waals surface area contributed by atoms with E-state index < -0.39 is 0 Å². The van der Waals surface area contributed by atoms with Gasteiger partial charge in [-0.15, -0.1) is 5.10 Å². The number of nitrogens with zero attached hydrogens (tertiary/aromatic N) is 2. The predicted molar refractivity (Wildman–Crippen MR) is 77.4 cm³/mol. The Kier molecular flexibility index (Phi) is 5.62. The zero-order chi connectivity index (χ0) is 13.5. The molecule has 1 aliphatic carbocycles. The summed E-state index contributed by atoms with van der Waals surface area (Å²) in [7, 11) is 0. The highest BCUT2D eigenvalue weighted by Crippen LogP contribution is 2.36. The predicted octanol–water partition coefficient (Wildman–Crippen LogP) is 4.34. The molecule has 3 heteroatoms. The van der Waals surface area contributed by atoms with Crippen molar-refractivity contribution in [1.82, 2.24) is 10.2 Å². The Hall–Kier alpha value is -1.12. The molecule has 0 spiro atoms. The molecule has 0 unspecified atom stereocenters. The molecule has 1 aliphatic rings. The van der Waals surface area contributed by atoms with Crippen LogP contribution in [0.5, 0.6) is 5.88 Å². The van der Waals surface area contributed by atoms with Crippen LogP contribution >= 0.6 is 0 Å². The smallest absolute Gasteiger partial charge is 0.233 e. The first-order valence-corrected chi connectivity index (χ1v) is 7.79. The van der Waals surface area contributed by atoms with Gasteiger partial charge in [0.25, 0.3) is 0 Å². The SMILES string of the molecule is CCCOc1ccc([C@H]2CC[C@H](CCC)CC2)nn1. The first-order chi connectivity index (χ1) is 9.33. The van der Waals surface area contributed by atoms with Crippen molar-refractivity contribution >= 4 is 0 Å². The van der Waals surface area contributed by atoms with Crippen molar-refractivity contribution in [2.45, 2.75) is 64.7 Å². The van der Waals surface area contributed by atoms with E-state index in [2.05, 4.69) is 30.1 Å². The molecular formula is C16H26N2O. The van der Waals surface area contributed by atoms with Gasteiger partial charge in [-0.2, -0.15) is 5.10 Å². The average molecular weight is 262 g/mol. The Balaban J connectivity index is 1.85. The van der Waals surface area contributed by atoms with Crippen LogP contribution in [0.15, 0.2) is 12.1 Å². The van der Waals surface area contributed by atoms with E-state index in [1.54, 1.807) is 0 Å². The van der Waals surface area contributed by atoms with E-state index in [0.29, 0.717) is 11.8 Å². The number of ether oxygens (including phenoxy) is 1. The Morgan fingerprint density at radius 2 is 1.84 bits per heavy atom. The van der Waals surface area contributed by atoms with E-state index in [4.69, 9.17) is 4.74 Å². The fourth-order valence-corrected chi connectivity index (χ4v) is 2.99. The summed E-state index contributed by atoms with van der Waals surface area (Å²) in [5.41, 5.74) is 1.15. The van der Waals surface area contributed by atoms with Crippen LogP contribution in [0, 0.1) is 5.92 Å². The maximum Gasteiger partial charge on any atom is 0.233 e. The van der Waals surface area contributed by atoms with Gasteiger partial charge >= 0.3 is 0 Å². The second-order valence-electron chi connectivity index (χ2n) is 5.65. The molecule has 0 atom stereocenters. The third kappa shape index (κ3) is 4.19. The van der Waals surface area contributed by atoms with Crippen LogP contribution in [-0.2, 0) is 0 Å². The second kappa shape index (κ2) is 7.46. The van der Waals surface area contributed by atoms with E-state index in [0.717, 1.165) is 24.6 Å². The molecule has 0 radical (unpaired) electrons. The Morgan fingerprint density at radius 1 is 1.05 bits per heavy atom. The third-order valence-electron chi connectivity index (χ3n) is 4.08. The monoisotopic (exact) mass is 262 g/mol. The number of hydrogen-bond donors (Lipinski definition) is 0. The van der Waals surface area contributed by atoms with Crippen LogP contribution in [0.4, 0.5) is 0 Å². The number of hydrogen-bond acceptors (Lipinski definition) is 3. The number of rotatable bonds is 6. The van der Waals surface area contributed by atoms with E-state index in [9.17, 15) is 0 Å². The van der Waals surface area contributed by atoms with Crippen molar-refractivity contribution in [2.24, 2.45) is 5.92 Å². The minimum Gasteiger partial charge on any atom is -0.477 e. The molecule has 1 heterocycles. The summed E-state index contributed by atoms with van der Waals surface area (Å²) in [5, 5.41) is 8.53. The Morgan fingerprint density at radius 3 is 2.42 bits per heavy atom. The molecule has 1 fully saturated rings. The lowest BCUT2D eigenvalue weighted by atomic mass is 9.79. The van der Waals surface area contributed by atoms with Gasteiger partial charge in [0, 0.05) is 12.0 Å². The molecular weight excluding hydrogens is 236 g/mol. The summed E-state index contributed by atoms with van der Waals surface area (Å²) in [4.78, 5) is 0. The standard InChI is InChI=1S/C16H26N2O/c1-3-5-13-6-8-14(9-7-13)15-10-11-16(18-17-15)19-12-4-2/h10-11,13-14H,3-9,12H2,1-2H3/t13-,14-. The molecule has 19 heavy (non-hydrogen) atoms. The Labute approximate surface area is 116 Å². The van der Waals surface area contributed by atoms with E-state index >= 15 is 0 Å². The van der Waals surface area contributed by atoms with Crippen LogP contribution in [0.3, 0.4) is 0 Å². The lowest BCUT2D eigenvalue weighted by molar-refractivity contribution is 0.293. The number of aromatic nitrogens is 2. The van der Waals surface area contributed by atoms with Crippen molar-refractivity contribution in [3.8, 4) is 5.88 Å². The second-order valence-corrected chi connectivity index (χ2v) is 5.65. The first kappa shape index (κ1) is 14.3. The largest absolute Gasteiger partial charge is 0.477 e. The molecule has 2 rings (SSSR count). The van der Waals surface area contributed by atoms with Gasteiger partial charge in [-0.05, 0) is 44.1 Å². The van der Waals surface area contributed by atoms with Crippen LogP contribution in [0.25, 0.3) is 0 Å². The quantitative estimate of drug-likeness (QED) is 0.765. The minimum absolute atomic E-state index is 0.612. The van der Waals surface area contributed by atoms with Gasteiger partial charge in [0.1, 0.15) is 0 Å². The van der Waals surface area contributed by atoms with Crippen molar-refractivity contribution in [3.05, 3.63) is 17.8 Å².